The highest BCUT2D eigenvalue weighted by molar-refractivity contribution is 6.11. The minimum absolute atomic E-state index is 0.000876. The van der Waals surface area contributed by atoms with Gasteiger partial charge in [0.05, 0.1) is 50.5 Å². The van der Waals surface area contributed by atoms with E-state index in [0.717, 1.165) is 16.8 Å². The van der Waals surface area contributed by atoms with Gasteiger partial charge in [0.1, 0.15) is 17.2 Å². The van der Waals surface area contributed by atoms with Crippen LogP contribution in [-0.2, 0) is 19.8 Å². The topological polar surface area (TPSA) is 89.8 Å². The molecule has 4 aliphatic heterocycles. The Kier molecular flexibility index (Phi) is 3.57. The van der Waals surface area contributed by atoms with Gasteiger partial charge >= 0.3 is 5.97 Å². The molecular weight excluding hydrogens is 388 g/mol. The number of benzene rings is 1. The molecular formula is C22H24N2O6. The Morgan fingerprint density at radius 2 is 2.13 bits per heavy atom. The van der Waals surface area contributed by atoms with Crippen LogP contribution in [0.3, 0.4) is 0 Å². The number of esters is 1. The van der Waals surface area contributed by atoms with Gasteiger partial charge in [-0.3, -0.25) is 14.6 Å². The van der Waals surface area contributed by atoms with Crippen molar-refractivity contribution in [1.82, 2.24) is 5.06 Å². The molecule has 1 spiro atoms. The van der Waals surface area contributed by atoms with Gasteiger partial charge in [-0.2, -0.15) is 5.06 Å². The van der Waals surface area contributed by atoms with Crippen LogP contribution in [0, 0.1) is 17.8 Å². The van der Waals surface area contributed by atoms with Crippen LogP contribution in [-0.4, -0.2) is 61.6 Å². The molecule has 5 fully saturated rings. The number of aliphatic hydroxyl groups is 1. The van der Waals surface area contributed by atoms with Crippen LogP contribution in [0.25, 0.3) is 0 Å². The first-order valence-corrected chi connectivity index (χ1v) is 10.3. The lowest BCUT2D eigenvalue weighted by molar-refractivity contribution is -0.234. The van der Waals surface area contributed by atoms with Crippen molar-refractivity contribution in [3.63, 3.8) is 0 Å². The van der Waals surface area contributed by atoms with Crippen molar-refractivity contribution < 1.29 is 28.9 Å². The van der Waals surface area contributed by atoms with E-state index in [-0.39, 0.29) is 29.9 Å². The third kappa shape index (κ3) is 1.76. The molecule has 8 heteroatoms. The molecule has 1 aromatic carbocycles. The number of carbonyl (C=O) groups is 1. The fourth-order valence-electron chi connectivity index (χ4n) is 6.98. The predicted molar refractivity (Wildman–Crippen MR) is 106 cm³/mol. The number of nitrogens with zero attached hydrogens (tertiary/aromatic N) is 2. The molecule has 2 aliphatic carbocycles. The molecule has 1 aromatic rings. The molecule has 7 rings (SSSR count). The van der Waals surface area contributed by atoms with E-state index in [1.54, 1.807) is 20.3 Å². The molecule has 1 N–H and O–H groups in total. The Bertz CT molecular complexity index is 1030. The average molecular weight is 412 g/mol. The first kappa shape index (κ1) is 18.4. The number of ether oxygens (including phenoxy) is 3. The van der Waals surface area contributed by atoms with Crippen LogP contribution in [0.1, 0.15) is 18.9 Å². The maximum atomic E-state index is 13.3. The second kappa shape index (κ2) is 5.84. The van der Waals surface area contributed by atoms with Crippen LogP contribution >= 0.6 is 0 Å². The van der Waals surface area contributed by atoms with E-state index >= 15 is 0 Å². The minimum Gasteiger partial charge on any atom is -0.497 e. The lowest BCUT2D eigenvalue weighted by Crippen LogP contribution is -2.75. The Morgan fingerprint density at radius 3 is 2.80 bits per heavy atom. The maximum Gasteiger partial charge on any atom is 0.310 e. The number of allylic oxidation sites excluding steroid dienone is 1. The van der Waals surface area contributed by atoms with E-state index in [1.807, 2.05) is 18.1 Å². The zero-order chi connectivity index (χ0) is 20.9. The monoisotopic (exact) mass is 412 g/mol. The normalized spacial score (nSPS) is 42.8. The van der Waals surface area contributed by atoms with E-state index < -0.39 is 17.6 Å². The average Bonchev–Trinajstić information content (AvgIpc) is 3.27. The van der Waals surface area contributed by atoms with Crippen molar-refractivity contribution in [2.45, 2.75) is 37.1 Å². The third-order valence-electron chi connectivity index (χ3n) is 7.83. The van der Waals surface area contributed by atoms with Crippen LogP contribution in [0.2, 0.25) is 0 Å². The first-order chi connectivity index (χ1) is 14.5. The van der Waals surface area contributed by atoms with Gasteiger partial charge in [-0.1, -0.05) is 11.6 Å². The van der Waals surface area contributed by atoms with E-state index in [2.05, 4.69) is 6.08 Å². The second-order valence-electron chi connectivity index (χ2n) is 8.57. The van der Waals surface area contributed by atoms with Gasteiger partial charge in [0.15, 0.2) is 6.29 Å². The van der Waals surface area contributed by atoms with Crippen molar-refractivity contribution in [3.8, 4) is 11.5 Å². The lowest BCUT2D eigenvalue weighted by atomic mass is 9.42. The Hall–Kier alpha value is -2.42. The standard InChI is InChI=1S/C22H24N2O6/c1-5-10-11-8-13-19-22(15(11)20(25)29-4,16-18(10)24(13)30-21(16)26)12-6-9(27-2)7-14(28-3)17(12)23-19/h5-7,11,13,15-16,18,21,26H,8H2,1-4H3. The quantitative estimate of drug-likeness (QED) is 0.597. The summed E-state index contributed by atoms with van der Waals surface area (Å²) < 4.78 is 16.5. The van der Waals surface area contributed by atoms with Gasteiger partial charge in [0, 0.05) is 12.0 Å². The molecule has 0 aromatic heterocycles. The molecule has 8 atom stereocenters. The maximum absolute atomic E-state index is 13.3. The molecule has 8 nitrogen and oxygen atoms in total. The first-order valence-electron chi connectivity index (χ1n) is 10.3. The van der Waals surface area contributed by atoms with E-state index in [9.17, 15) is 9.90 Å². The molecule has 158 valence electrons. The molecule has 0 amide bonds. The van der Waals surface area contributed by atoms with Crippen molar-refractivity contribution >= 4 is 17.4 Å². The van der Waals surface area contributed by atoms with Gasteiger partial charge in [0.2, 0.25) is 0 Å². The van der Waals surface area contributed by atoms with Gasteiger partial charge < -0.3 is 19.3 Å². The molecule has 2 saturated carbocycles. The smallest absolute Gasteiger partial charge is 0.310 e. The summed E-state index contributed by atoms with van der Waals surface area (Å²) in [6.07, 6.45) is 1.72. The number of hydrogen-bond acceptors (Lipinski definition) is 8. The van der Waals surface area contributed by atoms with Crippen molar-refractivity contribution in [3.05, 3.63) is 29.3 Å². The fraction of sp³-hybridized carbons (Fsp3) is 0.545. The Morgan fingerprint density at radius 1 is 1.33 bits per heavy atom. The molecule has 6 bridgehead atoms. The van der Waals surface area contributed by atoms with Crippen LogP contribution in [0.4, 0.5) is 5.69 Å². The highest BCUT2D eigenvalue weighted by Gasteiger charge is 2.78. The largest absolute Gasteiger partial charge is 0.497 e. The minimum atomic E-state index is -1.05. The van der Waals surface area contributed by atoms with Gasteiger partial charge in [-0.25, -0.2) is 0 Å². The van der Waals surface area contributed by atoms with Gasteiger partial charge in [-0.05, 0) is 30.9 Å². The number of fused-ring (bicyclic) bond motifs is 1. The fourth-order valence-corrected chi connectivity index (χ4v) is 6.98. The van der Waals surface area contributed by atoms with Crippen LogP contribution in [0.15, 0.2) is 28.8 Å². The lowest BCUT2D eigenvalue weighted by Gasteiger charge is -2.63. The van der Waals surface area contributed by atoms with E-state index in [4.69, 9.17) is 24.0 Å². The molecule has 3 saturated heterocycles. The summed E-state index contributed by atoms with van der Waals surface area (Å²) in [5.41, 5.74) is 2.74. The van der Waals surface area contributed by atoms with Crippen LogP contribution < -0.4 is 9.47 Å². The highest BCUT2D eigenvalue weighted by Crippen LogP contribution is 2.70. The summed E-state index contributed by atoms with van der Waals surface area (Å²) in [5.74, 6) is 0.0556. The highest BCUT2D eigenvalue weighted by atomic mass is 16.8. The van der Waals surface area contributed by atoms with Gasteiger partial charge in [0.25, 0.3) is 0 Å². The van der Waals surface area contributed by atoms with Gasteiger partial charge in [-0.15, -0.1) is 0 Å². The van der Waals surface area contributed by atoms with E-state index in [1.165, 1.54) is 7.11 Å². The summed E-state index contributed by atoms with van der Waals surface area (Å²) in [5, 5.41) is 13.0. The summed E-state index contributed by atoms with van der Waals surface area (Å²) in [7, 11) is 4.62. The van der Waals surface area contributed by atoms with Crippen LogP contribution in [0.5, 0.6) is 11.5 Å². The predicted octanol–water partition coefficient (Wildman–Crippen LogP) is 1.73. The molecule has 8 unspecified atom stereocenters. The summed E-state index contributed by atoms with van der Waals surface area (Å²) in [4.78, 5) is 24.3. The number of hydrogen-bond donors (Lipinski definition) is 1. The summed E-state index contributed by atoms with van der Waals surface area (Å²) in [6, 6.07) is 3.53. The number of carbonyl (C=O) groups excluding carboxylic acids is 1. The number of aliphatic imine (C=N–C) groups is 1. The molecule has 30 heavy (non-hydrogen) atoms. The molecule has 6 aliphatic rings. The number of hydroxylamine groups is 2. The van der Waals surface area contributed by atoms with Crippen molar-refractivity contribution in [1.29, 1.82) is 0 Å². The third-order valence-corrected chi connectivity index (χ3v) is 7.83. The SMILES string of the molecule is CC=C1C2CC3C4=Nc5c(OC)cc(OC)cc5C4(C2C(=O)OC)C2C(O)ON3C12. The summed E-state index contributed by atoms with van der Waals surface area (Å²) in [6.45, 7) is 1.99. The molecule has 4 heterocycles. The van der Waals surface area contributed by atoms with E-state index in [0.29, 0.717) is 23.6 Å². The zero-order valence-corrected chi connectivity index (χ0v) is 17.3. The number of methoxy groups -OCH3 is 3. The van der Waals surface area contributed by atoms with Crippen molar-refractivity contribution in [2.24, 2.45) is 22.7 Å². The number of piperidine rings is 2. The molecule has 0 radical (unpaired) electrons. The Balaban J connectivity index is 1.71. The van der Waals surface area contributed by atoms with Crippen molar-refractivity contribution in [2.75, 3.05) is 21.3 Å². The summed E-state index contributed by atoms with van der Waals surface area (Å²) >= 11 is 0. The number of rotatable bonds is 3. The Labute approximate surface area is 174 Å². The second-order valence-corrected chi connectivity index (χ2v) is 8.57. The zero-order valence-electron chi connectivity index (χ0n) is 17.3. The number of aliphatic hydroxyl groups excluding tert-OH is 1.